The van der Waals surface area contributed by atoms with Gasteiger partial charge in [-0.15, -0.1) is 0 Å². The highest BCUT2D eigenvalue weighted by Gasteiger charge is 2.46. The minimum atomic E-state index is -0.979. The molecular formula is C25H46O5. The number of ether oxygens (including phenoxy) is 3. The van der Waals surface area contributed by atoms with Gasteiger partial charge in [0.25, 0.3) is 0 Å². The van der Waals surface area contributed by atoms with E-state index in [9.17, 15) is 10.2 Å². The van der Waals surface area contributed by atoms with Crippen LogP contribution in [0.3, 0.4) is 0 Å². The summed E-state index contributed by atoms with van der Waals surface area (Å²) in [6, 6.07) is 0. The van der Waals surface area contributed by atoms with Gasteiger partial charge in [-0.05, 0) is 61.2 Å². The fourth-order valence-corrected chi connectivity index (χ4v) is 5.94. The van der Waals surface area contributed by atoms with Gasteiger partial charge in [0, 0.05) is 0 Å². The van der Waals surface area contributed by atoms with Gasteiger partial charge in [-0.25, -0.2) is 0 Å². The summed E-state index contributed by atoms with van der Waals surface area (Å²) in [6.45, 7) is 13.7. The molecule has 2 saturated carbocycles. The van der Waals surface area contributed by atoms with Gasteiger partial charge < -0.3 is 24.4 Å². The smallest absolute Gasteiger partial charge is 0.186 e. The number of aliphatic hydroxyl groups excluding tert-OH is 2. The first-order chi connectivity index (χ1) is 14.2. The average molecular weight is 427 g/mol. The molecule has 2 aliphatic carbocycles. The van der Waals surface area contributed by atoms with E-state index >= 15 is 0 Å². The summed E-state index contributed by atoms with van der Waals surface area (Å²) in [7, 11) is 0. The lowest BCUT2D eigenvalue weighted by atomic mass is 9.75. The van der Waals surface area contributed by atoms with Crippen LogP contribution in [0.4, 0.5) is 0 Å². The van der Waals surface area contributed by atoms with Gasteiger partial charge in [-0.2, -0.15) is 0 Å². The molecule has 0 aromatic heterocycles. The SMILES string of the molecule is CC1CCC(C(C)C)C(OC2OC[C@@H](O)[C@H](O)[C@H]2OC2CC(C)CCC2C(C)C)C1. The van der Waals surface area contributed by atoms with Crippen LogP contribution in [0.25, 0.3) is 0 Å². The zero-order chi connectivity index (χ0) is 22.0. The molecule has 5 heteroatoms. The molecule has 0 spiro atoms. The molecule has 0 bridgehead atoms. The van der Waals surface area contributed by atoms with Gasteiger partial charge in [-0.3, -0.25) is 0 Å². The largest absolute Gasteiger partial charge is 0.388 e. The van der Waals surface area contributed by atoms with E-state index in [1.165, 1.54) is 19.3 Å². The third kappa shape index (κ3) is 5.78. The van der Waals surface area contributed by atoms with Crippen molar-refractivity contribution in [2.24, 2.45) is 35.5 Å². The summed E-state index contributed by atoms with van der Waals surface area (Å²) in [5.74, 6) is 3.27. The molecule has 7 unspecified atom stereocenters. The molecule has 3 rings (SSSR count). The van der Waals surface area contributed by atoms with E-state index in [1.807, 2.05) is 0 Å². The molecule has 176 valence electrons. The van der Waals surface area contributed by atoms with Crippen molar-refractivity contribution in [2.75, 3.05) is 6.61 Å². The maximum atomic E-state index is 10.9. The molecule has 2 N–H and O–H groups in total. The normalized spacial score (nSPS) is 45.8. The molecule has 0 radical (unpaired) electrons. The zero-order valence-corrected chi connectivity index (χ0v) is 20.0. The zero-order valence-electron chi connectivity index (χ0n) is 20.0. The Labute approximate surface area is 183 Å². The lowest BCUT2D eigenvalue weighted by molar-refractivity contribution is -0.313. The molecule has 0 aromatic rings. The highest BCUT2D eigenvalue weighted by Crippen LogP contribution is 2.40. The van der Waals surface area contributed by atoms with Crippen LogP contribution in [0.5, 0.6) is 0 Å². The van der Waals surface area contributed by atoms with Crippen LogP contribution in [0.1, 0.15) is 80.1 Å². The average Bonchev–Trinajstić information content (AvgIpc) is 2.67. The minimum Gasteiger partial charge on any atom is -0.388 e. The molecule has 3 fully saturated rings. The second-order valence-corrected chi connectivity index (χ2v) is 11.2. The Bertz CT molecular complexity index is 524. The maximum Gasteiger partial charge on any atom is 0.186 e. The van der Waals surface area contributed by atoms with Crippen molar-refractivity contribution in [3.05, 3.63) is 0 Å². The Morgan fingerprint density at radius 3 is 1.77 bits per heavy atom. The van der Waals surface area contributed by atoms with Crippen LogP contribution in [0, 0.1) is 35.5 Å². The van der Waals surface area contributed by atoms with Crippen LogP contribution in [0.2, 0.25) is 0 Å². The lowest BCUT2D eigenvalue weighted by Gasteiger charge is -2.46. The maximum absolute atomic E-state index is 10.9. The second kappa shape index (κ2) is 10.6. The van der Waals surface area contributed by atoms with Crippen LogP contribution >= 0.6 is 0 Å². The molecule has 3 aliphatic rings. The van der Waals surface area contributed by atoms with Crippen molar-refractivity contribution in [1.29, 1.82) is 0 Å². The summed E-state index contributed by atoms with van der Waals surface area (Å²) in [5, 5.41) is 21.2. The first kappa shape index (κ1) is 24.4. The Morgan fingerprint density at radius 1 is 0.767 bits per heavy atom. The van der Waals surface area contributed by atoms with E-state index in [1.54, 1.807) is 0 Å². The van der Waals surface area contributed by atoms with Crippen molar-refractivity contribution >= 4 is 0 Å². The highest BCUT2D eigenvalue weighted by molar-refractivity contribution is 4.90. The van der Waals surface area contributed by atoms with Crippen LogP contribution in [-0.2, 0) is 14.2 Å². The fourth-order valence-electron chi connectivity index (χ4n) is 5.94. The molecule has 1 heterocycles. The van der Waals surface area contributed by atoms with Gasteiger partial charge in [0.15, 0.2) is 6.29 Å². The van der Waals surface area contributed by atoms with Crippen molar-refractivity contribution < 1.29 is 24.4 Å². The van der Waals surface area contributed by atoms with E-state index in [2.05, 4.69) is 41.5 Å². The van der Waals surface area contributed by atoms with Crippen molar-refractivity contribution in [3.63, 3.8) is 0 Å². The third-order valence-corrected chi connectivity index (χ3v) is 7.99. The standard InChI is InChI=1S/C25H46O5/c1-14(2)18-9-7-16(5)11-21(18)29-24-23(27)20(26)13-28-25(24)30-22-12-17(6)8-10-19(22)15(3)4/h14-27H,7-13H2,1-6H3/t16?,17?,18?,19?,20-,21?,22?,23+,24-,25?/m1/s1. The summed E-state index contributed by atoms with van der Waals surface area (Å²) in [5.41, 5.74) is 0. The molecular weight excluding hydrogens is 380 g/mol. The van der Waals surface area contributed by atoms with E-state index in [4.69, 9.17) is 14.2 Å². The highest BCUT2D eigenvalue weighted by atomic mass is 16.7. The van der Waals surface area contributed by atoms with Gasteiger partial charge in [0.2, 0.25) is 0 Å². The quantitative estimate of drug-likeness (QED) is 0.659. The molecule has 10 atom stereocenters. The van der Waals surface area contributed by atoms with Gasteiger partial charge in [0.05, 0.1) is 18.8 Å². The van der Waals surface area contributed by atoms with E-state index in [0.717, 1.165) is 19.3 Å². The Kier molecular flexibility index (Phi) is 8.65. The fraction of sp³-hybridized carbons (Fsp3) is 1.00. The summed E-state index contributed by atoms with van der Waals surface area (Å²) in [4.78, 5) is 0. The molecule has 5 nitrogen and oxygen atoms in total. The van der Waals surface area contributed by atoms with E-state index < -0.39 is 24.6 Å². The Balaban J connectivity index is 1.75. The van der Waals surface area contributed by atoms with Gasteiger partial charge in [0.1, 0.15) is 18.3 Å². The first-order valence-corrected chi connectivity index (χ1v) is 12.5. The predicted octanol–water partition coefficient (Wildman–Crippen LogP) is 4.39. The number of rotatable bonds is 6. The van der Waals surface area contributed by atoms with Crippen LogP contribution in [-0.4, -0.2) is 53.6 Å². The second-order valence-electron chi connectivity index (χ2n) is 11.2. The monoisotopic (exact) mass is 426 g/mol. The van der Waals surface area contributed by atoms with Gasteiger partial charge >= 0.3 is 0 Å². The van der Waals surface area contributed by atoms with E-state index in [-0.39, 0.29) is 18.8 Å². The van der Waals surface area contributed by atoms with Crippen LogP contribution in [0.15, 0.2) is 0 Å². The summed E-state index contributed by atoms with van der Waals surface area (Å²) < 4.78 is 19.1. The predicted molar refractivity (Wildman–Crippen MR) is 118 cm³/mol. The summed E-state index contributed by atoms with van der Waals surface area (Å²) in [6.07, 6.45) is 3.80. The molecule has 1 aliphatic heterocycles. The third-order valence-electron chi connectivity index (χ3n) is 7.99. The molecule has 1 saturated heterocycles. The minimum absolute atomic E-state index is 0.0691. The number of hydrogen-bond acceptors (Lipinski definition) is 5. The van der Waals surface area contributed by atoms with E-state index in [0.29, 0.717) is 35.5 Å². The first-order valence-electron chi connectivity index (χ1n) is 12.5. The molecule has 0 amide bonds. The topological polar surface area (TPSA) is 68.2 Å². The summed E-state index contributed by atoms with van der Waals surface area (Å²) >= 11 is 0. The van der Waals surface area contributed by atoms with Crippen molar-refractivity contribution in [1.82, 2.24) is 0 Å². The number of aliphatic hydroxyl groups is 2. The van der Waals surface area contributed by atoms with Gasteiger partial charge in [-0.1, -0.05) is 54.4 Å². The van der Waals surface area contributed by atoms with Crippen molar-refractivity contribution in [3.8, 4) is 0 Å². The number of hydrogen-bond donors (Lipinski definition) is 2. The van der Waals surface area contributed by atoms with Crippen molar-refractivity contribution in [2.45, 2.75) is 117 Å². The molecule has 0 aromatic carbocycles. The molecule has 30 heavy (non-hydrogen) atoms. The Morgan fingerprint density at radius 2 is 1.27 bits per heavy atom. The van der Waals surface area contributed by atoms with Crippen LogP contribution < -0.4 is 0 Å². The lowest BCUT2D eigenvalue weighted by Crippen LogP contribution is -2.58. The Hall–Kier alpha value is -0.200.